The van der Waals surface area contributed by atoms with Crippen LogP contribution in [-0.2, 0) is 0 Å². The van der Waals surface area contributed by atoms with E-state index in [0.29, 0.717) is 0 Å². The summed E-state index contributed by atoms with van der Waals surface area (Å²) in [7, 11) is 0. The SMILES string of the molecule is CC(C)N1CCCC1.CC(C)N1CCCCC1.CC(C)N1CCCCC1. The molecule has 0 aromatic rings. The fraction of sp³-hybridized carbons (Fsp3) is 1.00. The maximum atomic E-state index is 2.56. The van der Waals surface area contributed by atoms with Crippen molar-refractivity contribution < 1.29 is 0 Å². The third-order valence-corrected chi connectivity index (χ3v) is 6.11. The van der Waals surface area contributed by atoms with E-state index < -0.39 is 0 Å². The zero-order valence-electron chi connectivity index (χ0n) is 19.0. The number of piperidine rings is 2. The average molecular weight is 368 g/mol. The molecule has 0 aromatic carbocycles. The van der Waals surface area contributed by atoms with Gasteiger partial charge in [-0.1, -0.05) is 12.8 Å². The molecule has 0 radical (unpaired) electrons. The Hall–Kier alpha value is -0.120. The van der Waals surface area contributed by atoms with Crippen molar-refractivity contribution in [2.24, 2.45) is 0 Å². The molecule has 3 rings (SSSR count). The van der Waals surface area contributed by atoms with Gasteiger partial charge in [-0.3, -0.25) is 0 Å². The molecule has 3 saturated heterocycles. The van der Waals surface area contributed by atoms with Gasteiger partial charge in [0.25, 0.3) is 0 Å². The minimum atomic E-state index is 0.769. The first-order valence-corrected chi connectivity index (χ1v) is 11.6. The van der Waals surface area contributed by atoms with Crippen molar-refractivity contribution in [3.05, 3.63) is 0 Å². The number of hydrogen-bond donors (Lipinski definition) is 0. The summed E-state index contributed by atoms with van der Waals surface area (Å²) in [5, 5.41) is 0. The second kappa shape index (κ2) is 14.0. The molecule has 0 spiro atoms. The van der Waals surface area contributed by atoms with E-state index in [2.05, 4.69) is 56.2 Å². The van der Waals surface area contributed by atoms with Crippen LogP contribution in [0.15, 0.2) is 0 Å². The largest absolute Gasteiger partial charge is 0.301 e. The highest BCUT2D eigenvalue weighted by molar-refractivity contribution is 4.69. The molecule has 0 N–H and O–H groups in total. The first kappa shape index (κ1) is 23.9. The molecule has 3 heteroatoms. The van der Waals surface area contributed by atoms with Crippen LogP contribution in [0.4, 0.5) is 0 Å². The van der Waals surface area contributed by atoms with Crippen LogP contribution in [0.2, 0.25) is 0 Å². The van der Waals surface area contributed by atoms with Crippen molar-refractivity contribution in [3.63, 3.8) is 0 Å². The van der Waals surface area contributed by atoms with E-state index in [4.69, 9.17) is 0 Å². The Balaban J connectivity index is 0.000000195. The van der Waals surface area contributed by atoms with Crippen LogP contribution in [0, 0.1) is 0 Å². The summed E-state index contributed by atoms with van der Waals surface area (Å²) in [6.45, 7) is 21.7. The Morgan fingerprint density at radius 3 is 0.692 bits per heavy atom. The van der Waals surface area contributed by atoms with Gasteiger partial charge in [-0.05, 0) is 119 Å². The lowest BCUT2D eigenvalue weighted by atomic mass is 10.1. The van der Waals surface area contributed by atoms with Gasteiger partial charge in [-0.15, -0.1) is 0 Å². The molecular formula is C23H49N3. The van der Waals surface area contributed by atoms with Gasteiger partial charge >= 0.3 is 0 Å². The summed E-state index contributed by atoms with van der Waals surface area (Å²) in [5.41, 5.74) is 0. The highest BCUT2D eigenvalue weighted by atomic mass is 15.2. The van der Waals surface area contributed by atoms with E-state index in [9.17, 15) is 0 Å². The summed E-state index contributed by atoms with van der Waals surface area (Å²) in [6.07, 6.45) is 11.4. The van der Waals surface area contributed by atoms with Gasteiger partial charge in [0.05, 0.1) is 0 Å². The van der Waals surface area contributed by atoms with Crippen LogP contribution in [0.3, 0.4) is 0 Å². The first-order valence-electron chi connectivity index (χ1n) is 11.6. The minimum absolute atomic E-state index is 0.769. The average Bonchev–Trinajstić information content (AvgIpc) is 3.19. The van der Waals surface area contributed by atoms with Gasteiger partial charge in [0, 0.05) is 18.1 Å². The van der Waals surface area contributed by atoms with Crippen LogP contribution < -0.4 is 0 Å². The monoisotopic (exact) mass is 367 g/mol. The predicted molar refractivity (Wildman–Crippen MR) is 117 cm³/mol. The molecule has 3 fully saturated rings. The quantitative estimate of drug-likeness (QED) is 0.674. The molecule has 0 aromatic heterocycles. The number of hydrogen-bond acceptors (Lipinski definition) is 3. The standard InChI is InChI=1S/2C8H17N.C7H15N/c2*1-8(2)9-6-4-3-5-7-9;1-7(2)8-5-3-4-6-8/h2*8H,3-7H2,1-2H3;7H,3-6H2,1-2H3. The number of nitrogens with zero attached hydrogens (tertiary/aromatic N) is 3. The van der Waals surface area contributed by atoms with E-state index >= 15 is 0 Å². The number of rotatable bonds is 3. The van der Waals surface area contributed by atoms with Gasteiger partial charge in [-0.2, -0.15) is 0 Å². The predicted octanol–water partition coefficient (Wildman–Crippen LogP) is 5.25. The van der Waals surface area contributed by atoms with Crippen molar-refractivity contribution in [1.29, 1.82) is 0 Å². The van der Waals surface area contributed by atoms with Crippen LogP contribution in [0.5, 0.6) is 0 Å². The van der Waals surface area contributed by atoms with E-state index in [0.717, 1.165) is 18.1 Å². The molecule has 3 aliphatic heterocycles. The zero-order chi connectivity index (χ0) is 19.4. The molecule has 0 bridgehead atoms. The highest BCUT2D eigenvalue weighted by Gasteiger charge is 2.13. The molecule has 3 heterocycles. The smallest absolute Gasteiger partial charge is 0.00385 e. The molecule has 0 atom stereocenters. The summed E-state index contributed by atoms with van der Waals surface area (Å²) in [6, 6.07) is 2.31. The van der Waals surface area contributed by atoms with Gasteiger partial charge in [0.15, 0.2) is 0 Å². The lowest BCUT2D eigenvalue weighted by molar-refractivity contribution is 0.185. The van der Waals surface area contributed by atoms with E-state index in [1.165, 1.54) is 90.6 Å². The zero-order valence-corrected chi connectivity index (χ0v) is 19.0. The number of likely N-dealkylation sites (tertiary alicyclic amines) is 3. The summed E-state index contributed by atoms with van der Waals surface area (Å²) >= 11 is 0. The molecule has 0 saturated carbocycles. The van der Waals surface area contributed by atoms with Crippen LogP contribution in [0.1, 0.15) is 92.9 Å². The third-order valence-electron chi connectivity index (χ3n) is 6.11. The van der Waals surface area contributed by atoms with Crippen molar-refractivity contribution >= 4 is 0 Å². The maximum Gasteiger partial charge on any atom is 0.00385 e. The fourth-order valence-corrected chi connectivity index (χ4v) is 4.13. The van der Waals surface area contributed by atoms with Gasteiger partial charge in [-0.25, -0.2) is 0 Å². The van der Waals surface area contributed by atoms with Crippen molar-refractivity contribution in [3.8, 4) is 0 Å². The highest BCUT2D eigenvalue weighted by Crippen LogP contribution is 2.12. The van der Waals surface area contributed by atoms with E-state index in [1.54, 1.807) is 0 Å². The van der Waals surface area contributed by atoms with Gasteiger partial charge < -0.3 is 14.7 Å². The molecule has 0 amide bonds. The minimum Gasteiger partial charge on any atom is -0.301 e. The lowest BCUT2D eigenvalue weighted by Crippen LogP contribution is -2.35. The Kier molecular flexibility index (Phi) is 12.8. The Bertz CT molecular complexity index is 287. The Labute approximate surface area is 165 Å². The third kappa shape index (κ3) is 10.3. The second-order valence-corrected chi connectivity index (χ2v) is 9.22. The lowest BCUT2D eigenvalue weighted by Gasteiger charge is -2.29. The van der Waals surface area contributed by atoms with Crippen LogP contribution >= 0.6 is 0 Å². The molecule has 3 nitrogen and oxygen atoms in total. The second-order valence-electron chi connectivity index (χ2n) is 9.22. The van der Waals surface area contributed by atoms with Crippen LogP contribution in [0.25, 0.3) is 0 Å². The molecular weight excluding hydrogens is 318 g/mol. The topological polar surface area (TPSA) is 9.72 Å². The molecule has 0 unspecified atom stereocenters. The Morgan fingerprint density at radius 2 is 0.538 bits per heavy atom. The fourth-order valence-electron chi connectivity index (χ4n) is 4.13. The van der Waals surface area contributed by atoms with Crippen molar-refractivity contribution in [2.75, 3.05) is 39.3 Å². The van der Waals surface area contributed by atoms with E-state index in [1.807, 2.05) is 0 Å². The molecule has 156 valence electrons. The van der Waals surface area contributed by atoms with E-state index in [-0.39, 0.29) is 0 Å². The van der Waals surface area contributed by atoms with Crippen molar-refractivity contribution in [1.82, 2.24) is 14.7 Å². The van der Waals surface area contributed by atoms with Crippen molar-refractivity contribution in [2.45, 2.75) is 111 Å². The van der Waals surface area contributed by atoms with Crippen LogP contribution in [-0.4, -0.2) is 72.1 Å². The Morgan fingerprint density at radius 1 is 0.346 bits per heavy atom. The first-order chi connectivity index (χ1) is 12.4. The summed E-state index contributed by atoms with van der Waals surface area (Å²) in [5.74, 6) is 0. The molecule has 3 aliphatic rings. The summed E-state index contributed by atoms with van der Waals surface area (Å²) in [4.78, 5) is 7.65. The summed E-state index contributed by atoms with van der Waals surface area (Å²) < 4.78 is 0. The van der Waals surface area contributed by atoms with Gasteiger partial charge in [0.2, 0.25) is 0 Å². The molecule has 26 heavy (non-hydrogen) atoms. The normalized spacial score (nSPS) is 23.0. The molecule has 0 aliphatic carbocycles. The van der Waals surface area contributed by atoms with Gasteiger partial charge in [0.1, 0.15) is 0 Å². The maximum absolute atomic E-state index is 2.56.